The summed E-state index contributed by atoms with van der Waals surface area (Å²) in [5, 5.41) is 14.1. The fourth-order valence-electron chi connectivity index (χ4n) is 4.72. The minimum absolute atomic E-state index is 0.00121. The van der Waals surface area contributed by atoms with E-state index >= 15 is 0 Å². The second-order valence-electron chi connectivity index (χ2n) is 10.2. The van der Waals surface area contributed by atoms with E-state index in [1.807, 2.05) is 13.0 Å². The molecule has 1 N–H and O–H groups in total. The van der Waals surface area contributed by atoms with E-state index in [9.17, 15) is 32.5 Å². The summed E-state index contributed by atoms with van der Waals surface area (Å²) in [6.45, 7) is 1.13. The molecule has 0 heterocycles. The quantitative estimate of drug-likeness (QED) is 0.152. The summed E-state index contributed by atoms with van der Waals surface area (Å²) in [6.07, 6.45) is 0.716. The number of anilines is 1. The van der Waals surface area contributed by atoms with Gasteiger partial charge in [-0.3, -0.25) is 24.0 Å². The first-order chi connectivity index (χ1) is 21.6. The lowest BCUT2D eigenvalue weighted by Crippen LogP contribution is -2.53. The molecule has 0 radical (unpaired) electrons. The number of hydrogen-bond acceptors (Lipinski definition) is 6. The molecule has 4 rings (SSSR count). The van der Waals surface area contributed by atoms with Crippen LogP contribution in [-0.4, -0.2) is 49.2 Å². The number of hydrogen-bond donors (Lipinski definition) is 1. The summed E-state index contributed by atoms with van der Waals surface area (Å²) in [5.74, 6) is -1.84. The van der Waals surface area contributed by atoms with E-state index in [2.05, 4.69) is 5.32 Å². The topological polar surface area (TPSA) is 130 Å². The predicted octanol–water partition coefficient (Wildman–Crippen LogP) is 5.10. The van der Waals surface area contributed by atoms with Gasteiger partial charge in [-0.25, -0.2) is 12.8 Å². The van der Waals surface area contributed by atoms with E-state index in [1.54, 1.807) is 36.4 Å². The molecule has 0 aliphatic rings. The molecule has 12 heteroatoms. The van der Waals surface area contributed by atoms with Crippen molar-refractivity contribution in [2.45, 2.75) is 37.2 Å². The lowest BCUT2D eigenvalue weighted by molar-refractivity contribution is -0.384. The number of nitrogens with one attached hydrogen (secondary N) is 1. The third-order valence-corrected chi connectivity index (χ3v) is 8.87. The number of benzene rings is 4. The smallest absolute Gasteiger partial charge is 0.269 e. The Morgan fingerprint density at radius 1 is 0.889 bits per heavy atom. The van der Waals surface area contributed by atoms with Gasteiger partial charge in [0.2, 0.25) is 11.8 Å². The van der Waals surface area contributed by atoms with Crippen LogP contribution in [0.15, 0.2) is 114 Å². The molecule has 0 aliphatic heterocycles. The summed E-state index contributed by atoms with van der Waals surface area (Å²) in [7, 11) is -4.37. The van der Waals surface area contributed by atoms with E-state index in [-0.39, 0.29) is 34.8 Å². The molecule has 10 nitrogen and oxygen atoms in total. The molecule has 0 saturated heterocycles. The van der Waals surface area contributed by atoms with Gasteiger partial charge in [-0.2, -0.15) is 0 Å². The van der Waals surface area contributed by atoms with Crippen molar-refractivity contribution in [3.8, 4) is 0 Å². The van der Waals surface area contributed by atoms with E-state index in [1.165, 1.54) is 59.5 Å². The number of nitro benzene ring substituents is 1. The molecule has 0 fully saturated rings. The van der Waals surface area contributed by atoms with E-state index in [0.29, 0.717) is 13.0 Å². The van der Waals surface area contributed by atoms with Crippen molar-refractivity contribution in [2.24, 2.45) is 0 Å². The van der Waals surface area contributed by atoms with Crippen molar-refractivity contribution < 1.29 is 27.3 Å². The van der Waals surface area contributed by atoms with Crippen LogP contribution in [0.2, 0.25) is 0 Å². The maximum absolute atomic E-state index is 14.9. The number of carbonyl (C=O) groups is 2. The molecule has 0 bridgehead atoms. The van der Waals surface area contributed by atoms with E-state index in [4.69, 9.17) is 0 Å². The zero-order chi connectivity index (χ0) is 32.4. The summed E-state index contributed by atoms with van der Waals surface area (Å²) in [5.41, 5.74) is 0.613. The maximum atomic E-state index is 14.9. The maximum Gasteiger partial charge on any atom is 0.269 e. The molecular formula is C33H33FN4O6S. The lowest BCUT2D eigenvalue weighted by Gasteiger charge is -2.34. The standard InChI is InChI=1S/C33H33FN4O6S/c1-2-21-35-33(40)31(22-25-11-5-3-6-12-25)36(23-26-13-9-10-16-30(26)34)32(39)24-37(27-17-19-28(20-18-27)38(41)42)45(43,44)29-14-7-4-8-15-29/h3-20,31H,2,21-24H2,1H3,(H,35,40). The highest BCUT2D eigenvalue weighted by Crippen LogP contribution is 2.27. The van der Waals surface area contributed by atoms with Crippen LogP contribution in [0.5, 0.6) is 0 Å². The molecule has 45 heavy (non-hydrogen) atoms. The van der Waals surface area contributed by atoms with Crippen LogP contribution in [0.4, 0.5) is 15.8 Å². The molecule has 0 aliphatic carbocycles. The Bertz CT molecular complexity index is 1720. The van der Waals surface area contributed by atoms with Gasteiger partial charge >= 0.3 is 0 Å². The number of sulfonamides is 1. The summed E-state index contributed by atoms with van der Waals surface area (Å²) < 4.78 is 43.7. The van der Waals surface area contributed by atoms with Gasteiger partial charge in [0.15, 0.2) is 0 Å². The summed E-state index contributed by atoms with van der Waals surface area (Å²) >= 11 is 0. The van der Waals surface area contributed by atoms with Gasteiger partial charge in [-0.1, -0.05) is 73.7 Å². The van der Waals surface area contributed by atoms with Crippen LogP contribution in [0.1, 0.15) is 24.5 Å². The highest BCUT2D eigenvalue weighted by molar-refractivity contribution is 7.92. The summed E-state index contributed by atoms with van der Waals surface area (Å²) in [6, 6.07) is 25.9. The Hall–Kier alpha value is -5.10. The monoisotopic (exact) mass is 632 g/mol. The van der Waals surface area contributed by atoms with Crippen molar-refractivity contribution in [1.82, 2.24) is 10.2 Å². The number of nitro groups is 1. The molecule has 0 spiro atoms. The van der Waals surface area contributed by atoms with Crippen molar-refractivity contribution in [1.29, 1.82) is 0 Å². The van der Waals surface area contributed by atoms with Crippen molar-refractivity contribution >= 4 is 33.2 Å². The fourth-order valence-corrected chi connectivity index (χ4v) is 6.15. The summed E-state index contributed by atoms with van der Waals surface area (Å²) in [4.78, 5) is 39.7. The number of rotatable bonds is 14. The van der Waals surface area contributed by atoms with Crippen LogP contribution in [0, 0.1) is 15.9 Å². The van der Waals surface area contributed by atoms with Gasteiger partial charge in [0.1, 0.15) is 18.4 Å². The van der Waals surface area contributed by atoms with Gasteiger partial charge in [0.25, 0.3) is 15.7 Å². The SMILES string of the molecule is CCCNC(=O)C(Cc1ccccc1)N(Cc1ccccc1F)C(=O)CN(c1ccc([N+](=O)[O-])cc1)S(=O)(=O)c1ccccc1. The van der Waals surface area contributed by atoms with Crippen LogP contribution in [-0.2, 0) is 32.6 Å². The van der Waals surface area contributed by atoms with Gasteiger partial charge in [0, 0.05) is 37.2 Å². The van der Waals surface area contributed by atoms with E-state index in [0.717, 1.165) is 22.0 Å². The molecule has 1 atom stereocenters. The highest BCUT2D eigenvalue weighted by Gasteiger charge is 2.35. The Kier molecular flexibility index (Phi) is 11.0. The van der Waals surface area contributed by atoms with Gasteiger partial charge < -0.3 is 10.2 Å². The molecule has 0 aromatic heterocycles. The second kappa shape index (κ2) is 15.1. The molecule has 1 unspecified atom stereocenters. The molecule has 2 amide bonds. The molecule has 234 valence electrons. The Labute approximate surface area is 261 Å². The number of nitrogens with zero attached hydrogens (tertiary/aromatic N) is 3. The highest BCUT2D eigenvalue weighted by atomic mass is 32.2. The van der Waals surface area contributed by atoms with E-state index < -0.39 is 45.2 Å². The normalized spacial score (nSPS) is 11.8. The number of amides is 2. The number of non-ortho nitro benzene ring substituents is 1. The van der Waals surface area contributed by atoms with Crippen LogP contribution in [0.3, 0.4) is 0 Å². The molecule has 4 aromatic carbocycles. The average Bonchev–Trinajstić information content (AvgIpc) is 3.05. The van der Waals surface area contributed by atoms with Gasteiger partial charge in [-0.15, -0.1) is 0 Å². The Balaban J connectivity index is 1.81. The lowest BCUT2D eigenvalue weighted by atomic mass is 10.0. The Morgan fingerprint density at radius 2 is 1.49 bits per heavy atom. The predicted molar refractivity (Wildman–Crippen MR) is 168 cm³/mol. The first-order valence-corrected chi connectivity index (χ1v) is 15.7. The zero-order valence-corrected chi connectivity index (χ0v) is 25.4. The second-order valence-corrected chi connectivity index (χ2v) is 12.1. The molecule has 0 saturated carbocycles. The third-order valence-electron chi connectivity index (χ3n) is 7.08. The van der Waals surface area contributed by atoms with Crippen molar-refractivity contribution in [3.05, 3.63) is 136 Å². The zero-order valence-electron chi connectivity index (χ0n) is 24.6. The first kappa shape index (κ1) is 32.8. The number of halogens is 1. The van der Waals surface area contributed by atoms with Crippen LogP contribution >= 0.6 is 0 Å². The largest absolute Gasteiger partial charge is 0.354 e. The Morgan fingerprint density at radius 3 is 2.09 bits per heavy atom. The van der Waals surface area contributed by atoms with Gasteiger partial charge in [-0.05, 0) is 42.3 Å². The number of carbonyl (C=O) groups excluding carboxylic acids is 2. The van der Waals surface area contributed by atoms with Crippen molar-refractivity contribution in [2.75, 3.05) is 17.4 Å². The van der Waals surface area contributed by atoms with Gasteiger partial charge in [0.05, 0.1) is 15.5 Å². The third kappa shape index (κ3) is 8.30. The fraction of sp³-hybridized carbons (Fsp3) is 0.212. The first-order valence-electron chi connectivity index (χ1n) is 14.3. The average molecular weight is 633 g/mol. The van der Waals surface area contributed by atoms with Crippen LogP contribution < -0.4 is 9.62 Å². The van der Waals surface area contributed by atoms with Crippen LogP contribution in [0.25, 0.3) is 0 Å². The molecular weight excluding hydrogens is 599 g/mol. The van der Waals surface area contributed by atoms with Crippen molar-refractivity contribution in [3.63, 3.8) is 0 Å². The minimum atomic E-state index is -4.37. The molecule has 4 aromatic rings. The minimum Gasteiger partial charge on any atom is -0.354 e.